The van der Waals surface area contributed by atoms with Crippen molar-refractivity contribution in [1.29, 1.82) is 0 Å². The lowest BCUT2D eigenvalue weighted by atomic mass is 9.80. The lowest BCUT2D eigenvalue weighted by molar-refractivity contribution is -0.135. The Labute approximate surface area is 182 Å². The second-order valence-electron chi connectivity index (χ2n) is 8.74. The molecule has 2 heterocycles. The number of carbonyl (C=O) groups excluding carboxylic acids is 1. The summed E-state index contributed by atoms with van der Waals surface area (Å²) in [6.07, 6.45) is 0.977. The van der Waals surface area contributed by atoms with Crippen LogP contribution in [0.5, 0.6) is 0 Å². The van der Waals surface area contributed by atoms with Gasteiger partial charge in [0.25, 0.3) is 0 Å². The number of amides is 1. The minimum Gasteiger partial charge on any atom is -0.339 e. The Balaban J connectivity index is 0.00000196. The molecule has 28 heavy (non-hydrogen) atoms. The van der Waals surface area contributed by atoms with E-state index < -0.39 is 0 Å². The third-order valence-electron chi connectivity index (χ3n) is 5.96. The molecule has 1 amide bonds. The summed E-state index contributed by atoms with van der Waals surface area (Å²) in [5, 5.41) is 0. The normalized spacial score (nSPS) is 22.9. The smallest absolute Gasteiger partial charge is 0.236 e. The van der Waals surface area contributed by atoms with Crippen LogP contribution in [0, 0.1) is 12.3 Å². The highest BCUT2D eigenvalue weighted by atomic mass is 35.5. The summed E-state index contributed by atoms with van der Waals surface area (Å²) in [4.78, 5) is 19.5. The number of piperazine rings is 1. The predicted molar refractivity (Wildman–Crippen MR) is 120 cm³/mol. The molecule has 2 saturated heterocycles. The van der Waals surface area contributed by atoms with Gasteiger partial charge in [-0.1, -0.05) is 43.7 Å². The van der Waals surface area contributed by atoms with E-state index in [1.165, 1.54) is 11.1 Å². The maximum atomic E-state index is 12.7. The zero-order chi connectivity index (χ0) is 18.7. The van der Waals surface area contributed by atoms with Crippen LogP contribution >= 0.6 is 24.8 Å². The molecule has 160 valence electrons. The number of carbonyl (C=O) groups is 1. The number of hydrogen-bond acceptors (Lipinski definition) is 4. The Kier molecular flexibility index (Phi) is 9.71. The van der Waals surface area contributed by atoms with E-state index in [4.69, 9.17) is 5.73 Å². The van der Waals surface area contributed by atoms with Crippen LogP contribution in [0.4, 0.5) is 0 Å². The van der Waals surface area contributed by atoms with Crippen LogP contribution in [0.25, 0.3) is 0 Å². The number of likely N-dealkylation sites (tertiary alicyclic amines) is 1. The molecule has 7 heteroatoms. The molecule has 1 atom stereocenters. The van der Waals surface area contributed by atoms with Gasteiger partial charge in [0.2, 0.25) is 5.91 Å². The van der Waals surface area contributed by atoms with Crippen molar-refractivity contribution in [1.82, 2.24) is 14.7 Å². The highest BCUT2D eigenvalue weighted by Gasteiger charge is 2.34. The van der Waals surface area contributed by atoms with E-state index in [9.17, 15) is 4.79 Å². The van der Waals surface area contributed by atoms with E-state index in [0.717, 1.165) is 52.2 Å². The lowest BCUT2D eigenvalue weighted by Gasteiger charge is -2.43. The minimum atomic E-state index is 0. The van der Waals surface area contributed by atoms with E-state index in [1.807, 2.05) is 4.90 Å². The van der Waals surface area contributed by atoms with Gasteiger partial charge in [-0.15, -0.1) is 24.8 Å². The van der Waals surface area contributed by atoms with Crippen LogP contribution in [0.1, 0.15) is 31.4 Å². The summed E-state index contributed by atoms with van der Waals surface area (Å²) < 4.78 is 0. The van der Waals surface area contributed by atoms with Crippen LogP contribution in [0.15, 0.2) is 24.3 Å². The summed E-state index contributed by atoms with van der Waals surface area (Å²) in [5.41, 5.74) is 8.96. The second kappa shape index (κ2) is 10.8. The van der Waals surface area contributed by atoms with Crippen LogP contribution < -0.4 is 5.73 Å². The summed E-state index contributed by atoms with van der Waals surface area (Å²) in [7, 11) is 0. The number of rotatable bonds is 4. The van der Waals surface area contributed by atoms with Crippen LogP contribution in [-0.4, -0.2) is 72.5 Å². The number of piperidine rings is 1. The quantitative estimate of drug-likeness (QED) is 0.796. The predicted octanol–water partition coefficient (Wildman–Crippen LogP) is 2.54. The molecular weight excluding hydrogens is 395 g/mol. The molecular formula is C21H36Cl2N4O. The van der Waals surface area contributed by atoms with Crippen molar-refractivity contribution in [2.45, 2.75) is 39.8 Å². The van der Waals surface area contributed by atoms with Gasteiger partial charge in [0.1, 0.15) is 0 Å². The fraction of sp³-hybridized carbons (Fsp3) is 0.667. The summed E-state index contributed by atoms with van der Waals surface area (Å²) in [6, 6.07) is 8.93. The van der Waals surface area contributed by atoms with Crippen molar-refractivity contribution < 1.29 is 4.79 Å². The van der Waals surface area contributed by atoms with E-state index in [-0.39, 0.29) is 42.2 Å². The van der Waals surface area contributed by atoms with E-state index in [2.05, 4.69) is 54.8 Å². The Hall–Kier alpha value is -0.850. The highest BCUT2D eigenvalue weighted by Crippen LogP contribution is 2.27. The molecule has 5 nitrogen and oxygen atoms in total. The third kappa shape index (κ3) is 6.60. The largest absolute Gasteiger partial charge is 0.339 e. The standard InChI is InChI=1S/C21H34N4O.2ClH/c1-17-5-4-6-18(13-17)14-23-9-11-25(12-10-23)20(26)15-24-8-7-19(22)21(2,3)16-24;;/h4-6,13,19H,7-12,14-16,22H2,1-3H3;2*1H. The number of nitrogens with zero attached hydrogens (tertiary/aromatic N) is 3. The summed E-state index contributed by atoms with van der Waals surface area (Å²) in [6.45, 7) is 13.5. The third-order valence-corrected chi connectivity index (χ3v) is 5.96. The van der Waals surface area contributed by atoms with Crippen LogP contribution in [0.2, 0.25) is 0 Å². The molecule has 2 N–H and O–H groups in total. The van der Waals surface area contributed by atoms with Gasteiger partial charge < -0.3 is 10.6 Å². The first kappa shape index (κ1) is 25.2. The minimum absolute atomic E-state index is 0. The van der Waals surface area contributed by atoms with Crippen LogP contribution in [-0.2, 0) is 11.3 Å². The number of hydrogen-bond donors (Lipinski definition) is 1. The monoisotopic (exact) mass is 430 g/mol. The van der Waals surface area contributed by atoms with Gasteiger partial charge in [-0.2, -0.15) is 0 Å². The fourth-order valence-electron chi connectivity index (χ4n) is 4.14. The molecule has 1 aromatic carbocycles. The zero-order valence-electron chi connectivity index (χ0n) is 17.4. The number of halogens is 2. The number of nitrogens with two attached hydrogens (primary N) is 1. The van der Waals surface area contributed by atoms with Crippen molar-refractivity contribution in [2.24, 2.45) is 11.1 Å². The molecule has 1 aromatic rings. The lowest BCUT2D eigenvalue weighted by Crippen LogP contribution is -2.56. The van der Waals surface area contributed by atoms with E-state index in [0.29, 0.717) is 6.54 Å². The average Bonchev–Trinajstić information content (AvgIpc) is 2.58. The van der Waals surface area contributed by atoms with Crippen LogP contribution in [0.3, 0.4) is 0 Å². The van der Waals surface area contributed by atoms with Crippen molar-refractivity contribution >= 4 is 30.7 Å². The number of benzene rings is 1. The molecule has 3 rings (SSSR count). The van der Waals surface area contributed by atoms with Gasteiger partial charge in [-0.05, 0) is 24.3 Å². The van der Waals surface area contributed by atoms with Crippen molar-refractivity contribution in [2.75, 3.05) is 45.8 Å². The molecule has 0 radical (unpaired) electrons. The van der Waals surface area contributed by atoms with Gasteiger partial charge in [-0.25, -0.2) is 0 Å². The van der Waals surface area contributed by atoms with E-state index >= 15 is 0 Å². The Morgan fingerprint density at radius 2 is 1.79 bits per heavy atom. The fourth-order valence-corrected chi connectivity index (χ4v) is 4.14. The molecule has 2 fully saturated rings. The first-order valence-electron chi connectivity index (χ1n) is 9.87. The maximum absolute atomic E-state index is 12.7. The molecule has 1 unspecified atom stereocenters. The summed E-state index contributed by atoms with van der Waals surface area (Å²) >= 11 is 0. The van der Waals surface area contributed by atoms with Gasteiger partial charge in [0.15, 0.2) is 0 Å². The second-order valence-corrected chi connectivity index (χ2v) is 8.74. The molecule has 0 aromatic heterocycles. The molecule has 0 aliphatic carbocycles. The molecule has 2 aliphatic rings. The molecule has 0 spiro atoms. The molecule has 0 bridgehead atoms. The molecule has 2 aliphatic heterocycles. The van der Waals surface area contributed by atoms with Crippen molar-refractivity contribution in [3.8, 4) is 0 Å². The topological polar surface area (TPSA) is 52.8 Å². The van der Waals surface area contributed by atoms with Gasteiger partial charge >= 0.3 is 0 Å². The maximum Gasteiger partial charge on any atom is 0.236 e. The average molecular weight is 431 g/mol. The number of aryl methyl sites for hydroxylation is 1. The zero-order valence-corrected chi connectivity index (χ0v) is 19.0. The van der Waals surface area contributed by atoms with E-state index in [1.54, 1.807) is 0 Å². The van der Waals surface area contributed by atoms with Gasteiger partial charge in [0.05, 0.1) is 6.54 Å². The van der Waals surface area contributed by atoms with Crippen molar-refractivity contribution in [3.63, 3.8) is 0 Å². The van der Waals surface area contributed by atoms with Crippen molar-refractivity contribution in [3.05, 3.63) is 35.4 Å². The first-order valence-corrected chi connectivity index (χ1v) is 9.87. The summed E-state index contributed by atoms with van der Waals surface area (Å²) in [5.74, 6) is 0.270. The SMILES string of the molecule is Cc1cccc(CN2CCN(C(=O)CN3CCC(N)C(C)(C)C3)CC2)c1.Cl.Cl. The van der Waals surface area contributed by atoms with Gasteiger partial charge in [0, 0.05) is 51.9 Å². The van der Waals surface area contributed by atoms with Gasteiger partial charge in [-0.3, -0.25) is 14.6 Å². The highest BCUT2D eigenvalue weighted by molar-refractivity contribution is 5.85. The Bertz CT molecular complexity index is 633. The first-order chi connectivity index (χ1) is 12.3. The Morgan fingerprint density at radius 3 is 2.39 bits per heavy atom. The Morgan fingerprint density at radius 1 is 1.11 bits per heavy atom. The molecule has 0 saturated carbocycles.